The maximum Gasteiger partial charge on any atom is 0.246 e. The van der Waals surface area contributed by atoms with Gasteiger partial charge in [0, 0.05) is 36.5 Å². The first-order chi connectivity index (χ1) is 15.8. The van der Waals surface area contributed by atoms with E-state index in [4.69, 9.17) is 5.10 Å². The van der Waals surface area contributed by atoms with Gasteiger partial charge >= 0.3 is 0 Å². The Morgan fingerprint density at radius 1 is 1.12 bits per heavy atom. The summed E-state index contributed by atoms with van der Waals surface area (Å²) >= 11 is 0. The van der Waals surface area contributed by atoms with Gasteiger partial charge in [0.1, 0.15) is 0 Å². The van der Waals surface area contributed by atoms with Crippen LogP contribution in [-0.2, 0) is 27.6 Å². The number of carbonyl (C=O) groups excluding carboxylic acids is 1. The van der Waals surface area contributed by atoms with Crippen molar-refractivity contribution in [2.24, 2.45) is 0 Å². The predicted molar refractivity (Wildman–Crippen MR) is 131 cm³/mol. The van der Waals surface area contributed by atoms with E-state index in [-0.39, 0.29) is 23.5 Å². The van der Waals surface area contributed by atoms with Gasteiger partial charge in [-0.3, -0.25) is 9.48 Å². The maximum atomic E-state index is 12.8. The number of benzene rings is 2. The molecule has 7 heteroatoms. The van der Waals surface area contributed by atoms with Gasteiger partial charge < -0.3 is 4.90 Å². The monoisotopic (exact) mass is 463 g/mol. The van der Waals surface area contributed by atoms with Gasteiger partial charge in [0.2, 0.25) is 5.91 Å². The van der Waals surface area contributed by atoms with E-state index in [0.29, 0.717) is 13.0 Å². The molecule has 2 heterocycles. The van der Waals surface area contributed by atoms with E-state index in [1.54, 1.807) is 13.1 Å². The molecule has 1 unspecified atom stereocenters. The molecule has 0 saturated carbocycles. The Hall–Kier alpha value is -3.19. The van der Waals surface area contributed by atoms with Crippen LogP contribution in [0.4, 0.5) is 0 Å². The van der Waals surface area contributed by atoms with Crippen molar-refractivity contribution in [1.82, 2.24) is 14.7 Å². The second kappa shape index (κ2) is 9.75. The van der Waals surface area contributed by atoms with Gasteiger partial charge in [0.25, 0.3) is 0 Å². The highest BCUT2D eigenvalue weighted by atomic mass is 32.2. The van der Waals surface area contributed by atoms with Crippen LogP contribution in [0, 0.1) is 0 Å². The van der Waals surface area contributed by atoms with Crippen LogP contribution in [0.1, 0.15) is 30.0 Å². The van der Waals surface area contributed by atoms with Gasteiger partial charge in [-0.1, -0.05) is 61.5 Å². The molecule has 172 valence electrons. The SMILES string of the molecule is CCc1ccc(-c2nn(Cc3ccccc3)cc2/C=C/C(=O)N(C)C2CCS(=O)(=O)C2)cc1. The van der Waals surface area contributed by atoms with Gasteiger partial charge in [0.15, 0.2) is 9.84 Å². The normalized spacial score (nSPS) is 17.5. The second-order valence-corrected chi connectivity index (χ2v) is 10.7. The molecule has 1 atom stereocenters. The minimum Gasteiger partial charge on any atom is -0.338 e. The summed E-state index contributed by atoms with van der Waals surface area (Å²) < 4.78 is 25.4. The Labute approximate surface area is 195 Å². The van der Waals surface area contributed by atoms with Crippen LogP contribution in [0.3, 0.4) is 0 Å². The van der Waals surface area contributed by atoms with Crippen LogP contribution >= 0.6 is 0 Å². The molecule has 33 heavy (non-hydrogen) atoms. The Bertz CT molecular complexity index is 1250. The highest BCUT2D eigenvalue weighted by Crippen LogP contribution is 2.25. The molecule has 1 fully saturated rings. The fraction of sp³-hybridized carbons (Fsp3) is 0.308. The Balaban J connectivity index is 1.60. The molecule has 4 rings (SSSR count). The van der Waals surface area contributed by atoms with Crippen molar-refractivity contribution >= 4 is 21.8 Å². The highest BCUT2D eigenvalue weighted by molar-refractivity contribution is 7.91. The summed E-state index contributed by atoms with van der Waals surface area (Å²) in [5.41, 5.74) is 5.03. The zero-order chi connectivity index (χ0) is 23.4. The number of amides is 1. The number of nitrogens with zero attached hydrogens (tertiary/aromatic N) is 3. The Morgan fingerprint density at radius 2 is 1.85 bits per heavy atom. The number of hydrogen-bond acceptors (Lipinski definition) is 4. The summed E-state index contributed by atoms with van der Waals surface area (Å²) in [5.74, 6) is -0.0313. The van der Waals surface area contributed by atoms with E-state index in [2.05, 4.69) is 43.3 Å². The number of rotatable bonds is 7. The smallest absolute Gasteiger partial charge is 0.246 e. The Morgan fingerprint density at radius 3 is 2.48 bits per heavy atom. The molecule has 1 saturated heterocycles. The summed E-state index contributed by atoms with van der Waals surface area (Å²) in [6.45, 7) is 2.75. The van der Waals surface area contributed by atoms with Gasteiger partial charge in [-0.25, -0.2) is 8.42 Å². The third-order valence-electron chi connectivity index (χ3n) is 6.12. The summed E-state index contributed by atoms with van der Waals surface area (Å²) in [7, 11) is -1.38. The minimum absolute atomic E-state index is 0.0348. The molecule has 6 nitrogen and oxygen atoms in total. The average Bonchev–Trinajstić information content (AvgIpc) is 3.40. The molecule has 0 N–H and O–H groups in total. The lowest BCUT2D eigenvalue weighted by molar-refractivity contribution is -0.126. The third kappa shape index (κ3) is 5.60. The van der Waals surface area contributed by atoms with Gasteiger partial charge in [-0.2, -0.15) is 5.10 Å². The van der Waals surface area contributed by atoms with Crippen molar-refractivity contribution < 1.29 is 13.2 Å². The third-order valence-corrected chi connectivity index (χ3v) is 7.87. The minimum atomic E-state index is -3.05. The van der Waals surface area contributed by atoms with Gasteiger partial charge in [0.05, 0.1) is 23.7 Å². The number of aromatic nitrogens is 2. The molecule has 0 spiro atoms. The van der Waals surface area contributed by atoms with E-state index in [1.165, 1.54) is 16.5 Å². The van der Waals surface area contributed by atoms with Gasteiger partial charge in [-0.15, -0.1) is 0 Å². The molecule has 1 aliphatic rings. The fourth-order valence-electron chi connectivity index (χ4n) is 4.07. The van der Waals surface area contributed by atoms with Crippen LogP contribution < -0.4 is 0 Å². The highest BCUT2D eigenvalue weighted by Gasteiger charge is 2.32. The molecule has 0 radical (unpaired) electrons. The fourth-order valence-corrected chi connectivity index (χ4v) is 5.85. The first kappa shape index (κ1) is 23.0. The van der Waals surface area contributed by atoms with Crippen molar-refractivity contribution in [3.63, 3.8) is 0 Å². The molecule has 2 aromatic carbocycles. The lowest BCUT2D eigenvalue weighted by Gasteiger charge is -2.21. The molecule has 1 amide bonds. The summed E-state index contributed by atoms with van der Waals surface area (Å²) in [6, 6.07) is 18.1. The van der Waals surface area contributed by atoms with Crippen molar-refractivity contribution in [3.05, 3.63) is 83.6 Å². The maximum absolute atomic E-state index is 12.8. The standard InChI is InChI=1S/C26H29N3O3S/c1-3-20-9-11-22(12-10-20)26-23(18-29(27-26)17-21-7-5-4-6-8-21)13-14-25(30)28(2)24-15-16-33(31,32)19-24/h4-14,18,24H,3,15-17,19H2,1-2H3/b14-13+. The molecular formula is C26H29N3O3S. The van der Waals surface area contributed by atoms with Crippen molar-refractivity contribution in [2.45, 2.75) is 32.4 Å². The zero-order valence-electron chi connectivity index (χ0n) is 19.0. The van der Waals surface area contributed by atoms with E-state index in [1.807, 2.05) is 29.1 Å². The number of carbonyl (C=O) groups is 1. The zero-order valence-corrected chi connectivity index (χ0v) is 19.8. The largest absolute Gasteiger partial charge is 0.338 e. The molecular weight excluding hydrogens is 434 g/mol. The number of likely N-dealkylation sites (N-methyl/N-ethyl adjacent to an activating group) is 1. The summed E-state index contributed by atoms with van der Waals surface area (Å²) in [5, 5.41) is 4.81. The summed E-state index contributed by atoms with van der Waals surface area (Å²) in [4.78, 5) is 14.3. The first-order valence-corrected chi connectivity index (χ1v) is 13.0. The number of aryl methyl sites for hydroxylation is 1. The van der Waals surface area contributed by atoms with E-state index in [0.717, 1.165) is 28.8 Å². The van der Waals surface area contributed by atoms with E-state index < -0.39 is 9.84 Å². The van der Waals surface area contributed by atoms with Crippen molar-refractivity contribution in [2.75, 3.05) is 18.6 Å². The topological polar surface area (TPSA) is 72.3 Å². The summed E-state index contributed by atoms with van der Waals surface area (Å²) in [6.07, 6.45) is 6.69. The number of sulfone groups is 1. The van der Waals surface area contributed by atoms with Crippen LogP contribution in [0.25, 0.3) is 17.3 Å². The lowest BCUT2D eigenvalue weighted by atomic mass is 10.0. The molecule has 0 aliphatic carbocycles. The first-order valence-electron chi connectivity index (χ1n) is 11.2. The van der Waals surface area contributed by atoms with E-state index in [9.17, 15) is 13.2 Å². The van der Waals surface area contributed by atoms with Gasteiger partial charge in [-0.05, 0) is 30.0 Å². The van der Waals surface area contributed by atoms with Crippen molar-refractivity contribution in [3.8, 4) is 11.3 Å². The van der Waals surface area contributed by atoms with Crippen LogP contribution in [0.15, 0.2) is 66.9 Å². The van der Waals surface area contributed by atoms with Crippen molar-refractivity contribution in [1.29, 1.82) is 0 Å². The predicted octanol–water partition coefficient (Wildman–Crippen LogP) is 3.82. The van der Waals surface area contributed by atoms with Crippen LogP contribution in [0.2, 0.25) is 0 Å². The average molecular weight is 464 g/mol. The molecule has 1 aromatic heterocycles. The van der Waals surface area contributed by atoms with Crippen LogP contribution in [-0.4, -0.2) is 53.6 Å². The van der Waals surface area contributed by atoms with E-state index >= 15 is 0 Å². The lowest BCUT2D eigenvalue weighted by Crippen LogP contribution is -2.36. The van der Waals surface area contributed by atoms with Crippen LogP contribution in [0.5, 0.6) is 0 Å². The molecule has 0 bridgehead atoms. The molecule has 1 aliphatic heterocycles. The quantitative estimate of drug-likeness (QED) is 0.500. The molecule has 3 aromatic rings. The Kier molecular flexibility index (Phi) is 6.79. The second-order valence-electron chi connectivity index (χ2n) is 8.51. The number of hydrogen-bond donors (Lipinski definition) is 0.